The first-order valence-electron chi connectivity index (χ1n) is 6.28. The molecule has 0 fully saturated rings. The maximum atomic E-state index is 11.0. The molecule has 19 heavy (non-hydrogen) atoms. The van der Waals surface area contributed by atoms with Crippen LogP contribution in [0.25, 0.3) is 0 Å². The Balaban J connectivity index is 2.65. The van der Waals surface area contributed by atoms with Crippen LogP contribution in [0.15, 0.2) is 18.2 Å². The number of benzene rings is 1. The Hall–Kier alpha value is -1.27. The van der Waals surface area contributed by atoms with E-state index in [4.69, 9.17) is 0 Å². The standard InChI is InChI=1S/C13H21N3O2S/c1-4-14-12-6-5-11(9-13(12)16(17)18)10-19-8-7-15(2)3/h5-6,9,14H,4,7-8,10H2,1-3H3. The van der Waals surface area contributed by atoms with E-state index in [1.54, 1.807) is 23.9 Å². The number of hydrogen-bond donors (Lipinski definition) is 1. The number of nitro groups is 1. The molecule has 0 aromatic heterocycles. The molecule has 0 radical (unpaired) electrons. The molecule has 1 N–H and O–H groups in total. The Morgan fingerprint density at radius 2 is 2.16 bits per heavy atom. The normalized spacial score (nSPS) is 10.7. The molecule has 1 aromatic carbocycles. The zero-order chi connectivity index (χ0) is 14.3. The van der Waals surface area contributed by atoms with Gasteiger partial charge >= 0.3 is 0 Å². The van der Waals surface area contributed by atoms with Crippen LogP contribution in [0.2, 0.25) is 0 Å². The average molecular weight is 283 g/mol. The summed E-state index contributed by atoms with van der Waals surface area (Å²) in [6.45, 7) is 3.62. The summed E-state index contributed by atoms with van der Waals surface area (Å²) in [4.78, 5) is 12.8. The fraction of sp³-hybridized carbons (Fsp3) is 0.538. The quantitative estimate of drug-likeness (QED) is 0.451. The highest BCUT2D eigenvalue weighted by Crippen LogP contribution is 2.27. The van der Waals surface area contributed by atoms with Crippen molar-refractivity contribution in [3.05, 3.63) is 33.9 Å². The summed E-state index contributed by atoms with van der Waals surface area (Å²) in [6, 6.07) is 5.41. The molecule has 0 saturated carbocycles. The van der Waals surface area contributed by atoms with Gasteiger partial charge in [0, 0.05) is 30.7 Å². The largest absolute Gasteiger partial charge is 0.380 e. The van der Waals surface area contributed by atoms with Gasteiger partial charge in [-0.3, -0.25) is 10.1 Å². The lowest BCUT2D eigenvalue weighted by Crippen LogP contribution is -2.14. The van der Waals surface area contributed by atoms with Gasteiger partial charge in [0.05, 0.1) is 4.92 Å². The smallest absolute Gasteiger partial charge is 0.292 e. The predicted molar refractivity (Wildman–Crippen MR) is 82.0 cm³/mol. The minimum Gasteiger partial charge on any atom is -0.380 e. The summed E-state index contributed by atoms with van der Waals surface area (Å²) in [5, 5.41) is 14.0. The number of anilines is 1. The van der Waals surface area contributed by atoms with Crippen LogP contribution < -0.4 is 5.32 Å². The fourth-order valence-electron chi connectivity index (χ4n) is 1.60. The van der Waals surface area contributed by atoms with Crippen LogP contribution in [0, 0.1) is 10.1 Å². The predicted octanol–water partition coefficient (Wildman–Crippen LogP) is 2.82. The minimum absolute atomic E-state index is 0.160. The lowest BCUT2D eigenvalue weighted by Gasteiger charge is -2.09. The number of nitro benzene ring substituents is 1. The molecule has 6 heteroatoms. The van der Waals surface area contributed by atoms with Crippen molar-refractivity contribution in [2.75, 3.05) is 38.3 Å². The summed E-state index contributed by atoms with van der Waals surface area (Å²) in [7, 11) is 4.08. The molecule has 0 unspecified atom stereocenters. The summed E-state index contributed by atoms with van der Waals surface area (Å²) in [6.07, 6.45) is 0. The van der Waals surface area contributed by atoms with Crippen molar-refractivity contribution < 1.29 is 4.92 Å². The third kappa shape index (κ3) is 5.48. The highest BCUT2D eigenvalue weighted by atomic mass is 32.2. The maximum Gasteiger partial charge on any atom is 0.292 e. The SMILES string of the molecule is CCNc1ccc(CSCCN(C)C)cc1[N+](=O)[O-]. The molecule has 0 aliphatic heterocycles. The van der Waals surface area contributed by atoms with E-state index in [9.17, 15) is 10.1 Å². The molecule has 0 atom stereocenters. The van der Waals surface area contributed by atoms with E-state index in [2.05, 4.69) is 10.2 Å². The Bertz CT molecular complexity index is 424. The summed E-state index contributed by atoms with van der Waals surface area (Å²) in [5.74, 6) is 1.83. The Morgan fingerprint density at radius 1 is 1.42 bits per heavy atom. The zero-order valence-electron chi connectivity index (χ0n) is 11.7. The highest BCUT2D eigenvalue weighted by Gasteiger charge is 2.13. The number of rotatable bonds is 8. The minimum atomic E-state index is -0.327. The van der Waals surface area contributed by atoms with Crippen molar-refractivity contribution in [3.8, 4) is 0 Å². The lowest BCUT2D eigenvalue weighted by molar-refractivity contribution is -0.384. The van der Waals surface area contributed by atoms with Crippen molar-refractivity contribution in [1.82, 2.24) is 4.90 Å². The zero-order valence-corrected chi connectivity index (χ0v) is 12.5. The van der Waals surface area contributed by atoms with E-state index in [0.29, 0.717) is 12.2 Å². The van der Waals surface area contributed by atoms with Crippen LogP contribution in [0.4, 0.5) is 11.4 Å². The van der Waals surface area contributed by atoms with E-state index in [0.717, 1.165) is 23.6 Å². The van der Waals surface area contributed by atoms with E-state index in [1.165, 1.54) is 0 Å². The van der Waals surface area contributed by atoms with Gasteiger partial charge in [-0.1, -0.05) is 6.07 Å². The van der Waals surface area contributed by atoms with Crippen molar-refractivity contribution >= 4 is 23.1 Å². The van der Waals surface area contributed by atoms with Gasteiger partial charge in [0.1, 0.15) is 5.69 Å². The summed E-state index contributed by atoms with van der Waals surface area (Å²) in [5.41, 5.74) is 1.75. The molecule has 0 amide bonds. The molecule has 0 aliphatic rings. The van der Waals surface area contributed by atoms with Crippen molar-refractivity contribution in [1.29, 1.82) is 0 Å². The van der Waals surface area contributed by atoms with E-state index < -0.39 is 0 Å². The monoisotopic (exact) mass is 283 g/mol. The Kier molecular flexibility index (Phi) is 6.66. The van der Waals surface area contributed by atoms with Crippen LogP contribution >= 0.6 is 11.8 Å². The van der Waals surface area contributed by atoms with Crippen LogP contribution in [0.3, 0.4) is 0 Å². The van der Waals surface area contributed by atoms with Gasteiger partial charge < -0.3 is 10.2 Å². The molecule has 0 saturated heterocycles. The number of thioether (sulfide) groups is 1. The van der Waals surface area contributed by atoms with Crippen LogP contribution in [0.1, 0.15) is 12.5 Å². The third-order valence-electron chi connectivity index (χ3n) is 2.58. The molecule has 106 valence electrons. The lowest BCUT2D eigenvalue weighted by atomic mass is 10.2. The molecule has 0 heterocycles. The average Bonchev–Trinajstić information content (AvgIpc) is 2.36. The van der Waals surface area contributed by atoms with Gasteiger partial charge in [-0.2, -0.15) is 11.8 Å². The first-order valence-corrected chi connectivity index (χ1v) is 7.43. The van der Waals surface area contributed by atoms with Crippen LogP contribution in [-0.2, 0) is 5.75 Å². The second-order valence-corrected chi connectivity index (χ2v) is 5.60. The van der Waals surface area contributed by atoms with Gasteiger partial charge in [-0.25, -0.2) is 0 Å². The Labute approximate surface area is 118 Å². The van der Waals surface area contributed by atoms with Crippen molar-refractivity contribution in [3.63, 3.8) is 0 Å². The molecule has 5 nitrogen and oxygen atoms in total. The van der Waals surface area contributed by atoms with Gasteiger partial charge in [0.15, 0.2) is 0 Å². The fourth-order valence-corrected chi connectivity index (χ4v) is 2.65. The Morgan fingerprint density at radius 3 is 2.74 bits per heavy atom. The van der Waals surface area contributed by atoms with Gasteiger partial charge in [0.25, 0.3) is 5.69 Å². The van der Waals surface area contributed by atoms with Gasteiger partial charge in [-0.15, -0.1) is 0 Å². The topological polar surface area (TPSA) is 58.4 Å². The third-order valence-corrected chi connectivity index (χ3v) is 3.59. The van der Waals surface area contributed by atoms with Gasteiger partial charge in [-0.05, 0) is 32.6 Å². The number of hydrogen-bond acceptors (Lipinski definition) is 5. The number of nitrogens with zero attached hydrogens (tertiary/aromatic N) is 2. The van der Waals surface area contributed by atoms with Gasteiger partial charge in [0.2, 0.25) is 0 Å². The second-order valence-electron chi connectivity index (χ2n) is 4.49. The molecule has 0 spiro atoms. The molecule has 1 rings (SSSR count). The highest BCUT2D eigenvalue weighted by molar-refractivity contribution is 7.98. The van der Waals surface area contributed by atoms with E-state index in [-0.39, 0.29) is 10.6 Å². The van der Waals surface area contributed by atoms with Crippen LogP contribution in [0.5, 0.6) is 0 Å². The first-order chi connectivity index (χ1) is 9.04. The summed E-state index contributed by atoms with van der Waals surface area (Å²) >= 11 is 1.79. The molecule has 1 aromatic rings. The molecule has 0 bridgehead atoms. The first kappa shape index (κ1) is 15.8. The van der Waals surface area contributed by atoms with Crippen LogP contribution in [-0.4, -0.2) is 42.8 Å². The van der Waals surface area contributed by atoms with E-state index >= 15 is 0 Å². The summed E-state index contributed by atoms with van der Waals surface area (Å²) < 4.78 is 0. The van der Waals surface area contributed by atoms with Crippen molar-refractivity contribution in [2.45, 2.75) is 12.7 Å². The second kappa shape index (κ2) is 8.01. The molecular formula is C13H21N3O2S. The molecule has 0 aliphatic carbocycles. The maximum absolute atomic E-state index is 11.0. The van der Waals surface area contributed by atoms with Crippen molar-refractivity contribution in [2.24, 2.45) is 0 Å². The molecular weight excluding hydrogens is 262 g/mol. The van der Waals surface area contributed by atoms with E-state index in [1.807, 2.05) is 27.1 Å². The number of nitrogens with one attached hydrogen (secondary N) is 1.